The molecule has 0 amide bonds. The van der Waals surface area contributed by atoms with E-state index in [2.05, 4.69) is 31.2 Å². The number of nitrogens with one attached hydrogen (secondary N) is 2. The van der Waals surface area contributed by atoms with Crippen molar-refractivity contribution in [2.24, 2.45) is 4.99 Å². The first-order valence-corrected chi connectivity index (χ1v) is 7.61. The number of fused-ring (bicyclic) bond motifs is 1. The minimum atomic E-state index is 0. The molecule has 2 rings (SSSR count). The Morgan fingerprint density at radius 1 is 1.26 bits per heavy atom. The van der Waals surface area contributed by atoms with Crippen LogP contribution in [-0.4, -0.2) is 49.4 Å². The lowest BCUT2D eigenvalue weighted by Gasteiger charge is -2.13. The van der Waals surface area contributed by atoms with Crippen LogP contribution in [0, 0.1) is 6.92 Å². The van der Waals surface area contributed by atoms with Crippen LogP contribution < -0.4 is 10.6 Å². The molecule has 0 radical (unpaired) electrons. The van der Waals surface area contributed by atoms with Crippen LogP contribution in [0.1, 0.15) is 12.2 Å². The zero-order valence-electron chi connectivity index (χ0n) is 14.0. The number of benzene rings is 1. The Morgan fingerprint density at radius 2 is 2.00 bits per heavy atom. The van der Waals surface area contributed by atoms with Crippen molar-refractivity contribution in [1.29, 1.82) is 0 Å². The second kappa shape index (κ2) is 10.4. The number of rotatable bonds is 7. The Labute approximate surface area is 154 Å². The predicted molar refractivity (Wildman–Crippen MR) is 106 cm³/mol. The van der Waals surface area contributed by atoms with Gasteiger partial charge in [-0.1, -0.05) is 12.1 Å². The van der Waals surface area contributed by atoms with Gasteiger partial charge in [-0.05, 0) is 25.5 Å². The van der Waals surface area contributed by atoms with Crippen LogP contribution in [0.25, 0.3) is 11.0 Å². The van der Waals surface area contributed by atoms with Crippen molar-refractivity contribution in [2.45, 2.75) is 19.9 Å². The standard InChI is InChI=1S/C16H25N5O.HI/c1-13-20-14-7-4-5-8-15(14)21(13)11-10-19-16(17-2)18-9-6-12-22-3;/h4-5,7-8H,6,9-12H2,1-3H3,(H2,17,18,19);1H. The van der Waals surface area contributed by atoms with Crippen LogP contribution in [0.5, 0.6) is 0 Å². The fraction of sp³-hybridized carbons (Fsp3) is 0.500. The number of nitrogens with zero attached hydrogens (tertiary/aromatic N) is 3. The maximum atomic E-state index is 5.03. The highest BCUT2D eigenvalue weighted by atomic mass is 127. The van der Waals surface area contributed by atoms with E-state index in [-0.39, 0.29) is 24.0 Å². The highest BCUT2D eigenvalue weighted by Gasteiger charge is 2.06. The summed E-state index contributed by atoms with van der Waals surface area (Å²) < 4.78 is 7.25. The molecule has 1 aromatic heterocycles. The summed E-state index contributed by atoms with van der Waals surface area (Å²) in [7, 11) is 3.49. The largest absolute Gasteiger partial charge is 0.385 e. The van der Waals surface area contributed by atoms with Gasteiger partial charge in [0.05, 0.1) is 11.0 Å². The minimum absolute atomic E-state index is 0. The number of hydrogen-bond acceptors (Lipinski definition) is 3. The van der Waals surface area contributed by atoms with Crippen molar-refractivity contribution in [3.05, 3.63) is 30.1 Å². The molecule has 0 unspecified atom stereocenters. The molecule has 1 heterocycles. The summed E-state index contributed by atoms with van der Waals surface area (Å²) in [6, 6.07) is 8.21. The van der Waals surface area contributed by atoms with E-state index in [0.29, 0.717) is 0 Å². The number of methoxy groups -OCH3 is 1. The minimum Gasteiger partial charge on any atom is -0.385 e. The van der Waals surface area contributed by atoms with Gasteiger partial charge in [0.2, 0.25) is 0 Å². The molecule has 0 aliphatic heterocycles. The van der Waals surface area contributed by atoms with E-state index >= 15 is 0 Å². The van der Waals surface area contributed by atoms with Gasteiger partial charge in [0.25, 0.3) is 0 Å². The molecular weight excluding hydrogens is 405 g/mol. The normalized spacial score (nSPS) is 11.3. The summed E-state index contributed by atoms with van der Waals surface area (Å²) in [6.45, 7) is 5.29. The summed E-state index contributed by atoms with van der Waals surface area (Å²) in [6.07, 6.45) is 0.961. The highest BCUT2D eigenvalue weighted by molar-refractivity contribution is 14.0. The lowest BCUT2D eigenvalue weighted by molar-refractivity contribution is 0.195. The third-order valence-corrected chi connectivity index (χ3v) is 3.51. The van der Waals surface area contributed by atoms with Crippen LogP contribution in [0.4, 0.5) is 0 Å². The van der Waals surface area contributed by atoms with Gasteiger partial charge < -0.3 is 19.9 Å². The van der Waals surface area contributed by atoms with Crippen LogP contribution in [0.15, 0.2) is 29.3 Å². The SMILES string of the molecule is CN=C(NCCCOC)NCCn1c(C)nc2ccccc21.I. The number of aromatic nitrogens is 2. The fourth-order valence-corrected chi connectivity index (χ4v) is 2.41. The molecule has 1 aromatic carbocycles. The molecule has 2 aromatic rings. The number of para-hydroxylation sites is 2. The van der Waals surface area contributed by atoms with Crippen LogP contribution in [-0.2, 0) is 11.3 Å². The maximum absolute atomic E-state index is 5.03. The van der Waals surface area contributed by atoms with E-state index in [1.54, 1.807) is 14.2 Å². The first kappa shape index (κ1) is 19.7. The van der Waals surface area contributed by atoms with Crippen molar-refractivity contribution < 1.29 is 4.74 Å². The number of aliphatic imine (C=N–C) groups is 1. The van der Waals surface area contributed by atoms with Gasteiger partial charge in [-0.3, -0.25) is 4.99 Å². The smallest absolute Gasteiger partial charge is 0.191 e. The lowest BCUT2D eigenvalue weighted by Crippen LogP contribution is -2.39. The molecule has 0 saturated carbocycles. The van der Waals surface area contributed by atoms with Crippen molar-refractivity contribution in [3.8, 4) is 0 Å². The number of ether oxygens (including phenoxy) is 1. The topological polar surface area (TPSA) is 63.5 Å². The third kappa shape index (κ3) is 5.65. The number of imidazole rings is 1. The summed E-state index contributed by atoms with van der Waals surface area (Å²) in [4.78, 5) is 8.79. The number of hydrogen-bond donors (Lipinski definition) is 2. The molecule has 0 aliphatic rings. The van der Waals surface area contributed by atoms with Gasteiger partial charge in [-0.15, -0.1) is 24.0 Å². The molecule has 2 N–H and O–H groups in total. The first-order valence-electron chi connectivity index (χ1n) is 7.61. The molecule has 0 bridgehead atoms. The molecule has 6 nitrogen and oxygen atoms in total. The average molecular weight is 431 g/mol. The monoisotopic (exact) mass is 431 g/mol. The van der Waals surface area contributed by atoms with Gasteiger partial charge in [0, 0.05) is 40.4 Å². The highest BCUT2D eigenvalue weighted by Crippen LogP contribution is 2.14. The molecule has 0 aliphatic carbocycles. The number of halogens is 1. The molecule has 0 spiro atoms. The fourth-order valence-electron chi connectivity index (χ4n) is 2.41. The third-order valence-electron chi connectivity index (χ3n) is 3.51. The molecule has 128 valence electrons. The zero-order chi connectivity index (χ0) is 15.8. The zero-order valence-corrected chi connectivity index (χ0v) is 16.3. The van der Waals surface area contributed by atoms with Crippen molar-refractivity contribution >= 4 is 41.0 Å². The van der Waals surface area contributed by atoms with Crippen molar-refractivity contribution in [2.75, 3.05) is 33.9 Å². The Kier molecular flexibility index (Phi) is 8.93. The second-order valence-corrected chi connectivity index (χ2v) is 5.07. The Morgan fingerprint density at radius 3 is 2.74 bits per heavy atom. The maximum Gasteiger partial charge on any atom is 0.191 e. The van der Waals surface area contributed by atoms with Gasteiger partial charge in [-0.2, -0.15) is 0 Å². The van der Waals surface area contributed by atoms with E-state index in [4.69, 9.17) is 4.74 Å². The Hall–Kier alpha value is -1.35. The average Bonchev–Trinajstić information content (AvgIpc) is 2.85. The van der Waals surface area contributed by atoms with Crippen molar-refractivity contribution in [1.82, 2.24) is 20.2 Å². The van der Waals surface area contributed by atoms with Crippen LogP contribution in [0.2, 0.25) is 0 Å². The molecular formula is C16H26IN5O. The van der Waals surface area contributed by atoms with Gasteiger partial charge in [-0.25, -0.2) is 4.98 Å². The molecule has 0 atom stereocenters. The predicted octanol–water partition coefficient (Wildman–Crippen LogP) is 2.16. The van der Waals surface area contributed by atoms with E-state index in [1.165, 1.54) is 5.52 Å². The van der Waals surface area contributed by atoms with E-state index in [9.17, 15) is 0 Å². The van der Waals surface area contributed by atoms with Gasteiger partial charge in [0.15, 0.2) is 5.96 Å². The molecule has 23 heavy (non-hydrogen) atoms. The van der Waals surface area contributed by atoms with Gasteiger partial charge >= 0.3 is 0 Å². The first-order chi connectivity index (χ1) is 10.8. The summed E-state index contributed by atoms with van der Waals surface area (Å²) in [5.74, 6) is 1.85. The van der Waals surface area contributed by atoms with Crippen LogP contribution >= 0.6 is 24.0 Å². The van der Waals surface area contributed by atoms with Crippen molar-refractivity contribution in [3.63, 3.8) is 0 Å². The number of guanidine groups is 1. The van der Waals surface area contributed by atoms with E-state index in [1.807, 2.05) is 25.1 Å². The molecule has 7 heteroatoms. The molecule has 0 fully saturated rings. The van der Waals surface area contributed by atoms with Gasteiger partial charge in [0.1, 0.15) is 5.82 Å². The van der Waals surface area contributed by atoms with E-state index < -0.39 is 0 Å². The lowest BCUT2D eigenvalue weighted by atomic mass is 10.3. The Bertz CT molecular complexity index is 626. The van der Waals surface area contributed by atoms with E-state index in [0.717, 1.165) is 50.0 Å². The second-order valence-electron chi connectivity index (χ2n) is 5.07. The summed E-state index contributed by atoms with van der Waals surface area (Å²) in [5.41, 5.74) is 2.21. The van der Waals surface area contributed by atoms with Crippen LogP contribution in [0.3, 0.4) is 0 Å². The number of aryl methyl sites for hydroxylation is 1. The molecule has 0 saturated heterocycles. The summed E-state index contributed by atoms with van der Waals surface area (Å²) >= 11 is 0. The Balaban J connectivity index is 0.00000264. The quantitative estimate of drug-likeness (QED) is 0.305. The summed E-state index contributed by atoms with van der Waals surface area (Å²) in [5, 5.41) is 6.60.